The minimum atomic E-state index is -0.309. The zero-order chi connectivity index (χ0) is 13.2. The molecule has 0 N–H and O–H groups in total. The maximum atomic E-state index is 11.3. The van der Waals surface area contributed by atoms with Gasteiger partial charge in [-0.1, -0.05) is 26.0 Å². The number of hydrogen-bond acceptors (Lipinski definition) is 3. The maximum Gasteiger partial charge on any atom is 0.330 e. The monoisotopic (exact) mass is 248 g/mol. The summed E-state index contributed by atoms with van der Waals surface area (Å²) in [4.78, 5) is 11.3. The molecule has 1 rings (SSSR count). The van der Waals surface area contributed by atoms with Gasteiger partial charge in [-0.25, -0.2) is 4.79 Å². The Labute approximate surface area is 108 Å². The molecule has 0 spiro atoms. The first kappa shape index (κ1) is 14.3. The number of benzene rings is 1. The summed E-state index contributed by atoms with van der Waals surface area (Å²) >= 11 is 0. The minimum absolute atomic E-state index is 0.309. The van der Waals surface area contributed by atoms with Crippen molar-refractivity contribution in [3.8, 4) is 5.75 Å². The van der Waals surface area contributed by atoms with Gasteiger partial charge in [0, 0.05) is 6.08 Å². The molecule has 3 nitrogen and oxygen atoms in total. The van der Waals surface area contributed by atoms with Crippen LogP contribution in [0.1, 0.15) is 32.3 Å². The molecule has 1 aromatic carbocycles. The van der Waals surface area contributed by atoms with Crippen molar-refractivity contribution < 1.29 is 14.3 Å². The van der Waals surface area contributed by atoms with Crippen molar-refractivity contribution in [3.63, 3.8) is 0 Å². The number of rotatable bonds is 7. The minimum Gasteiger partial charge on any atom is -0.494 e. The fraction of sp³-hybridized carbons (Fsp3) is 0.400. The highest BCUT2D eigenvalue weighted by molar-refractivity contribution is 5.87. The smallest absolute Gasteiger partial charge is 0.330 e. The molecule has 0 bridgehead atoms. The summed E-state index contributed by atoms with van der Waals surface area (Å²) in [5.41, 5.74) is 0.928. The van der Waals surface area contributed by atoms with Gasteiger partial charge in [-0.15, -0.1) is 0 Å². The molecule has 1 aromatic rings. The van der Waals surface area contributed by atoms with Gasteiger partial charge in [-0.3, -0.25) is 0 Å². The van der Waals surface area contributed by atoms with Gasteiger partial charge in [0.05, 0.1) is 13.2 Å². The Balaban J connectivity index is 2.55. The highest BCUT2D eigenvalue weighted by Gasteiger charge is 1.97. The van der Waals surface area contributed by atoms with Crippen molar-refractivity contribution >= 4 is 12.0 Å². The lowest BCUT2D eigenvalue weighted by Gasteiger charge is -2.04. The molecule has 0 heterocycles. The van der Waals surface area contributed by atoms with Crippen LogP contribution in [0.2, 0.25) is 0 Å². The Morgan fingerprint density at radius 2 is 2.00 bits per heavy atom. The molecule has 0 amide bonds. The van der Waals surface area contributed by atoms with Crippen LogP contribution in [0.15, 0.2) is 30.3 Å². The van der Waals surface area contributed by atoms with Crippen molar-refractivity contribution in [1.82, 2.24) is 0 Å². The Hall–Kier alpha value is -1.77. The average Bonchev–Trinajstić information content (AvgIpc) is 2.41. The summed E-state index contributed by atoms with van der Waals surface area (Å²) in [6, 6.07) is 7.63. The topological polar surface area (TPSA) is 35.5 Å². The highest BCUT2D eigenvalue weighted by Crippen LogP contribution is 2.14. The second-order valence-corrected chi connectivity index (χ2v) is 3.92. The van der Waals surface area contributed by atoms with Gasteiger partial charge in [0.25, 0.3) is 0 Å². The quantitative estimate of drug-likeness (QED) is 0.547. The molecule has 3 heteroatoms. The molecule has 0 aromatic heterocycles. The molecular weight excluding hydrogens is 228 g/mol. The number of ether oxygens (including phenoxy) is 2. The lowest BCUT2D eigenvalue weighted by Crippen LogP contribution is -2.00. The predicted octanol–water partition coefficient (Wildman–Crippen LogP) is 3.44. The number of hydrogen-bond donors (Lipinski definition) is 0. The SMILES string of the molecule is CCCOC(=O)C=Cc1cccc(OCCC)c1. The summed E-state index contributed by atoms with van der Waals surface area (Å²) in [6.45, 7) is 5.19. The molecule has 0 radical (unpaired) electrons. The summed E-state index contributed by atoms with van der Waals surface area (Å²) in [6.07, 6.45) is 4.98. The van der Waals surface area contributed by atoms with Crippen LogP contribution in [0.25, 0.3) is 6.08 Å². The first-order valence-corrected chi connectivity index (χ1v) is 6.34. The van der Waals surface area contributed by atoms with Crippen LogP contribution >= 0.6 is 0 Å². The van der Waals surface area contributed by atoms with Crippen LogP contribution in [0.5, 0.6) is 5.75 Å². The molecule has 0 saturated heterocycles. The zero-order valence-corrected chi connectivity index (χ0v) is 11.0. The van der Waals surface area contributed by atoms with E-state index in [9.17, 15) is 4.79 Å². The van der Waals surface area contributed by atoms with Gasteiger partial charge in [-0.05, 0) is 36.6 Å². The van der Waals surface area contributed by atoms with Gasteiger partial charge in [-0.2, -0.15) is 0 Å². The number of carbonyl (C=O) groups is 1. The van der Waals surface area contributed by atoms with Gasteiger partial charge >= 0.3 is 5.97 Å². The third kappa shape index (κ3) is 5.53. The maximum absolute atomic E-state index is 11.3. The molecular formula is C15H20O3. The van der Waals surface area contributed by atoms with Gasteiger partial charge < -0.3 is 9.47 Å². The van der Waals surface area contributed by atoms with Crippen LogP contribution in [-0.2, 0) is 9.53 Å². The Bertz CT molecular complexity index is 396. The molecule has 0 aliphatic rings. The van der Waals surface area contributed by atoms with E-state index in [0.29, 0.717) is 13.2 Å². The Kier molecular flexibility index (Phi) is 6.62. The molecule has 18 heavy (non-hydrogen) atoms. The second-order valence-electron chi connectivity index (χ2n) is 3.92. The highest BCUT2D eigenvalue weighted by atomic mass is 16.5. The Morgan fingerprint density at radius 3 is 2.72 bits per heavy atom. The van der Waals surface area contributed by atoms with Gasteiger partial charge in [0.15, 0.2) is 0 Å². The largest absolute Gasteiger partial charge is 0.494 e. The molecule has 0 aliphatic carbocycles. The first-order chi connectivity index (χ1) is 8.76. The Morgan fingerprint density at radius 1 is 1.22 bits per heavy atom. The van der Waals surface area contributed by atoms with Crippen molar-refractivity contribution in [2.75, 3.05) is 13.2 Å². The third-order valence-corrected chi connectivity index (χ3v) is 2.19. The van der Waals surface area contributed by atoms with Crippen LogP contribution in [0, 0.1) is 0 Å². The van der Waals surface area contributed by atoms with E-state index in [1.807, 2.05) is 31.2 Å². The summed E-state index contributed by atoms with van der Waals surface area (Å²) in [7, 11) is 0. The van der Waals surface area contributed by atoms with E-state index in [1.54, 1.807) is 6.08 Å². The molecule has 0 fully saturated rings. The average molecular weight is 248 g/mol. The van der Waals surface area contributed by atoms with Gasteiger partial charge in [0.1, 0.15) is 5.75 Å². The second kappa shape index (κ2) is 8.34. The third-order valence-electron chi connectivity index (χ3n) is 2.19. The number of carbonyl (C=O) groups excluding carboxylic acids is 1. The van der Waals surface area contributed by atoms with Crippen LogP contribution in [-0.4, -0.2) is 19.2 Å². The van der Waals surface area contributed by atoms with E-state index < -0.39 is 0 Å². The lowest BCUT2D eigenvalue weighted by atomic mass is 10.2. The van der Waals surface area contributed by atoms with Crippen molar-refractivity contribution in [1.29, 1.82) is 0 Å². The van der Waals surface area contributed by atoms with E-state index in [2.05, 4.69) is 6.92 Å². The molecule has 0 saturated carbocycles. The van der Waals surface area contributed by atoms with E-state index in [-0.39, 0.29) is 5.97 Å². The zero-order valence-electron chi connectivity index (χ0n) is 11.0. The molecule has 0 unspecified atom stereocenters. The molecule has 0 atom stereocenters. The van der Waals surface area contributed by atoms with Crippen molar-refractivity contribution in [2.45, 2.75) is 26.7 Å². The first-order valence-electron chi connectivity index (χ1n) is 6.34. The fourth-order valence-electron chi connectivity index (χ4n) is 1.34. The van der Waals surface area contributed by atoms with E-state index >= 15 is 0 Å². The van der Waals surface area contributed by atoms with Crippen LogP contribution in [0.4, 0.5) is 0 Å². The number of esters is 1. The van der Waals surface area contributed by atoms with Crippen molar-refractivity contribution in [2.24, 2.45) is 0 Å². The standard InChI is InChI=1S/C15H20O3/c1-3-10-17-14-7-5-6-13(12-14)8-9-15(16)18-11-4-2/h5-9,12H,3-4,10-11H2,1-2H3. The fourth-order valence-corrected chi connectivity index (χ4v) is 1.34. The predicted molar refractivity (Wildman–Crippen MR) is 72.5 cm³/mol. The summed E-state index contributed by atoms with van der Waals surface area (Å²) < 4.78 is 10.5. The van der Waals surface area contributed by atoms with Gasteiger partial charge in [0.2, 0.25) is 0 Å². The molecule has 0 aliphatic heterocycles. The van der Waals surface area contributed by atoms with E-state index in [4.69, 9.17) is 9.47 Å². The van der Waals surface area contributed by atoms with Crippen LogP contribution < -0.4 is 4.74 Å². The van der Waals surface area contributed by atoms with Crippen LogP contribution in [0.3, 0.4) is 0 Å². The van der Waals surface area contributed by atoms with E-state index in [1.165, 1.54) is 6.08 Å². The van der Waals surface area contributed by atoms with Crippen molar-refractivity contribution in [3.05, 3.63) is 35.9 Å². The normalized spacial score (nSPS) is 10.6. The summed E-state index contributed by atoms with van der Waals surface area (Å²) in [5, 5.41) is 0. The summed E-state index contributed by atoms with van der Waals surface area (Å²) in [5.74, 6) is 0.512. The molecule has 98 valence electrons. The lowest BCUT2D eigenvalue weighted by molar-refractivity contribution is -0.137. The van der Waals surface area contributed by atoms with E-state index in [0.717, 1.165) is 24.2 Å².